The largest absolute Gasteiger partial charge is 0.370 e. The van der Waals surface area contributed by atoms with Gasteiger partial charge >= 0.3 is 0 Å². The summed E-state index contributed by atoms with van der Waals surface area (Å²) in [5.41, 5.74) is 5.10. The number of anilines is 1. The first-order chi connectivity index (χ1) is 14.7. The summed E-state index contributed by atoms with van der Waals surface area (Å²) in [6.45, 7) is 3.10. The van der Waals surface area contributed by atoms with E-state index in [4.69, 9.17) is 0 Å². The first kappa shape index (κ1) is 18.6. The number of aromatic nitrogens is 1. The minimum Gasteiger partial charge on any atom is -0.370 e. The normalized spacial score (nSPS) is 16.9. The number of piperidine rings is 1. The number of benzene rings is 2. The minimum absolute atomic E-state index is 0.0603. The molecule has 1 aromatic heterocycles. The van der Waals surface area contributed by atoms with Gasteiger partial charge in [0.15, 0.2) is 0 Å². The highest BCUT2D eigenvalue weighted by atomic mass is 16.2. The number of carbonyl (C=O) groups is 1. The van der Waals surface area contributed by atoms with Crippen LogP contribution in [0.5, 0.6) is 0 Å². The molecule has 1 fully saturated rings. The number of para-hydroxylation sites is 1. The Kier molecular flexibility index (Phi) is 4.84. The molecule has 3 heterocycles. The molecule has 2 aliphatic heterocycles. The number of nitrogens with zero attached hydrogens (tertiary/aromatic N) is 4. The molecule has 5 rings (SSSR count). The van der Waals surface area contributed by atoms with Crippen LogP contribution in [0.15, 0.2) is 54.7 Å². The van der Waals surface area contributed by atoms with Crippen LogP contribution in [0, 0.1) is 17.2 Å². The summed E-state index contributed by atoms with van der Waals surface area (Å²) < 4.78 is 0. The van der Waals surface area contributed by atoms with Crippen molar-refractivity contribution in [2.75, 3.05) is 24.5 Å². The van der Waals surface area contributed by atoms with Gasteiger partial charge in [-0.1, -0.05) is 42.5 Å². The van der Waals surface area contributed by atoms with Gasteiger partial charge in [-0.3, -0.25) is 9.78 Å². The third-order valence-electron chi connectivity index (χ3n) is 6.47. The predicted octanol–water partition coefficient (Wildman–Crippen LogP) is 3.91. The summed E-state index contributed by atoms with van der Waals surface area (Å²) in [5, 5.41) is 10.6. The molecule has 0 N–H and O–H groups in total. The van der Waals surface area contributed by atoms with Gasteiger partial charge in [0.2, 0.25) is 5.91 Å². The van der Waals surface area contributed by atoms with Gasteiger partial charge in [-0.05, 0) is 36.5 Å². The first-order valence-electron chi connectivity index (χ1n) is 10.6. The Labute approximate surface area is 176 Å². The van der Waals surface area contributed by atoms with Crippen molar-refractivity contribution in [3.8, 4) is 6.07 Å². The Morgan fingerprint density at radius 3 is 2.53 bits per heavy atom. The Morgan fingerprint density at radius 2 is 1.73 bits per heavy atom. The van der Waals surface area contributed by atoms with Crippen LogP contribution in [0.2, 0.25) is 0 Å². The minimum atomic E-state index is 0.0603. The lowest BCUT2D eigenvalue weighted by Crippen LogP contribution is -2.44. The van der Waals surface area contributed by atoms with Crippen LogP contribution >= 0.6 is 0 Å². The maximum Gasteiger partial charge on any atom is 0.226 e. The Bertz CT molecular complexity index is 1140. The van der Waals surface area contributed by atoms with Crippen LogP contribution in [-0.4, -0.2) is 35.4 Å². The quantitative estimate of drug-likeness (QED) is 0.659. The van der Waals surface area contributed by atoms with Crippen molar-refractivity contribution in [3.63, 3.8) is 0 Å². The third-order valence-corrected chi connectivity index (χ3v) is 6.47. The zero-order valence-corrected chi connectivity index (χ0v) is 16.9. The lowest BCUT2D eigenvalue weighted by molar-refractivity contribution is -0.137. The molecule has 1 amide bonds. The first-order valence-corrected chi connectivity index (χ1v) is 10.6. The van der Waals surface area contributed by atoms with Crippen molar-refractivity contribution in [3.05, 3.63) is 71.4 Å². The van der Waals surface area contributed by atoms with Crippen molar-refractivity contribution in [1.82, 2.24) is 9.88 Å². The molecular weight excluding hydrogens is 372 g/mol. The number of pyridine rings is 1. The predicted molar refractivity (Wildman–Crippen MR) is 117 cm³/mol. The SMILES string of the molecule is N#Cc1cnc2ccccc2c1N1CCC(C(=O)N2CCc3ccccc3C2)CC1. The van der Waals surface area contributed by atoms with Crippen LogP contribution in [0.4, 0.5) is 5.69 Å². The van der Waals surface area contributed by atoms with Crippen LogP contribution < -0.4 is 4.90 Å². The molecule has 2 aliphatic rings. The van der Waals surface area contributed by atoms with Gasteiger partial charge < -0.3 is 9.80 Å². The number of fused-ring (bicyclic) bond motifs is 2. The number of amides is 1. The molecule has 3 aromatic rings. The molecule has 0 radical (unpaired) electrons. The van der Waals surface area contributed by atoms with E-state index in [1.807, 2.05) is 29.2 Å². The van der Waals surface area contributed by atoms with Crippen molar-refractivity contribution >= 4 is 22.5 Å². The van der Waals surface area contributed by atoms with Gasteiger partial charge in [-0.25, -0.2) is 0 Å². The molecule has 5 nitrogen and oxygen atoms in total. The van der Waals surface area contributed by atoms with E-state index in [2.05, 4.69) is 40.2 Å². The highest BCUT2D eigenvalue weighted by Gasteiger charge is 2.31. The zero-order chi connectivity index (χ0) is 20.5. The monoisotopic (exact) mass is 396 g/mol. The second kappa shape index (κ2) is 7.79. The van der Waals surface area contributed by atoms with Gasteiger partial charge in [-0.2, -0.15) is 5.26 Å². The lowest BCUT2D eigenvalue weighted by Gasteiger charge is -2.37. The van der Waals surface area contributed by atoms with E-state index in [0.29, 0.717) is 5.56 Å². The van der Waals surface area contributed by atoms with Crippen LogP contribution in [0.3, 0.4) is 0 Å². The molecular formula is C25H24N4O. The highest BCUT2D eigenvalue weighted by Crippen LogP contribution is 2.33. The average Bonchev–Trinajstić information content (AvgIpc) is 2.82. The molecule has 0 bridgehead atoms. The van der Waals surface area contributed by atoms with Gasteiger partial charge in [-0.15, -0.1) is 0 Å². The molecule has 5 heteroatoms. The molecule has 0 saturated carbocycles. The van der Waals surface area contributed by atoms with E-state index < -0.39 is 0 Å². The fourth-order valence-electron chi connectivity index (χ4n) is 4.84. The average molecular weight is 396 g/mol. The molecule has 0 atom stereocenters. The summed E-state index contributed by atoms with van der Waals surface area (Å²) >= 11 is 0. The van der Waals surface area contributed by atoms with E-state index in [9.17, 15) is 10.1 Å². The van der Waals surface area contributed by atoms with Gasteiger partial charge in [0, 0.05) is 43.7 Å². The van der Waals surface area contributed by atoms with E-state index >= 15 is 0 Å². The van der Waals surface area contributed by atoms with E-state index in [-0.39, 0.29) is 11.8 Å². The Hall–Kier alpha value is -3.39. The van der Waals surface area contributed by atoms with Gasteiger partial charge in [0.1, 0.15) is 6.07 Å². The van der Waals surface area contributed by atoms with Gasteiger partial charge in [0.25, 0.3) is 0 Å². The smallest absolute Gasteiger partial charge is 0.226 e. The summed E-state index contributed by atoms with van der Waals surface area (Å²) in [6.07, 6.45) is 4.24. The fourth-order valence-corrected chi connectivity index (χ4v) is 4.84. The molecule has 0 spiro atoms. The summed E-state index contributed by atoms with van der Waals surface area (Å²) in [7, 11) is 0. The Morgan fingerprint density at radius 1 is 1.00 bits per heavy atom. The highest BCUT2D eigenvalue weighted by molar-refractivity contribution is 5.94. The molecule has 2 aromatic carbocycles. The number of carbonyl (C=O) groups excluding carboxylic acids is 1. The molecule has 0 unspecified atom stereocenters. The molecule has 30 heavy (non-hydrogen) atoms. The number of hydrogen-bond donors (Lipinski definition) is 0. The van der Waals surface area contributed by atoms with E-state index in [1.54, 1.807) is 6.20 Å². The van der Waals surface area contributed by atoms with Crippen molar-refractivity contribution in [1.29, 1.82) is 5.26 Å². The standard InChI is InChI=1S/C25H24N4O/c26-15-21-16-27-23-8-4-3-7-22(23)24(21)28-12-10-19(11-13-28)25(30)29-14-9-18-5-1-2-6-20(18)17-29/h1-8,16,19H,9-14,17H2. The number of nitriles is 1. The number of hydrogen-bond acceptors (Lipinski definition) is 4. The van der Waals surface area contributed by atoms with Gasteiger partial charge in [0.05, 0.1) is 16.8 Å². The molecule has 150 valence electrons. The summed E-state index contributed by atoms with van der Waals surface area (Å²) in [5.74, 6) is 0.342. The van der Waals surface area contributed by atoms with Crippen LogP contribution in [-0.2, 0) is 17.8 Å². The third kappa shape index (κ3) is 3.29. The molecule has 1 saturated heterocycles. The zero-order valence-electron chi connectivity index (χ0n) is 16.9. The maximum atomic E-state index is 13.2. The Balaban J connectivity index is 1.31. The van der Waals surface area contributed by atoms with Crippen molar-refractivity contribution in [2.24, 2.45) is 5.92 Å². The molecule has 0 aliphatic carbocycles. The fraction of sp³-hybridized carbons (Fsp3) is 0.320. The topological polar surface area (TPSA) is 60.2 Å². The van der Waals surface area contributed by atoms with E-state index in [1.165, 1.54) is 11.1 Å². The maximum absolute atomic E-state index is 13.2. The van der Waals surface area contributed by atoms with Crippen molar-refractivity contribution in [2.45, 2.75) is 25.8 Å². The van der Waals surface area contributed by atoms with Crippen LogP contribution in [0.1, 0.15) is 29.5 Å². The van der Waals surface area contributed by atoms with E-state index in [0.717, 1.165) is 62.0 Å². The second-order valence-corrected chi connectivity index (χ2v) is 8.19. The van der Waals surface area contributed by atoms with Crippen LogP contribution in [0.25, 0.3) is 10.9 Å². The lowest BCUT2D eigenvalue weighted by atomic mass is 9.92. The summed E-state index contributed by atoms with van der Waals surface area (Å²) in [6, 6.07) is 18.7. The number of rotatable bonds is 2. The second-order valence-electron chi connectivity index (χ2n) is 8.19. The van der Waals surface area contributed by atoms with Crippen molar-refractivity contribution < 1.29 is 4.79 Å². The summed E-state index contributed by atoms with van der Waals surface area (Å²) in [4.78, 5) is 21.9.